The fraction of sp³-hybridized carbons (Fsp3) is 1.00. The summed E-state index contributed by atoms with van der Waals surface area (Å²) in [5, 5.41) is 0. The molecule has 0 radical (unpaired) electrons. The first-order valence-corrected chi connectivity index (χ1v) is 5.68. The van der Waals surface area contributed by atoms with Crippen LogP contribution in [0.1, 0.15) is 25.7 Å². The Morgan fingerprint density at radius 1 is 1.43 bits per heavy atom. The van der Waals surface area contributed by atoms with Crippen molar-refractivity contribution in [2.75, 3.05) is 33.9 Å². The predicted octanol–water partition coefficient (Wildman–Crippen LogP) is 1.08. The highest BCUT2D eigenvalue weighted by molar-refractivity contribution is 4.82. The Labute approximate surface area is 87.6 Å². The van der Waals surface area contributed by atoms with Crippen molar-refractivity contribution in [1.29, 1.82) is 0 Å². The summed E-state index contributed by atoms with van der Waals surface area (Å²) in [4.78, 5) is 2.36. The van der Waals surface area contributed by atoms with Gasteiger partial charge in [0.05, 0.1) is 6.61 Å². The Morgan fingerprint density at radius 3 is 2.57 bits per heavy atom. The maximum atomic E-state index is 5.84. The number of hydrogen-bond acceptors (Lipinski definition) is 3. The van der Waals surface area contributed by atoms with Crippen molar-refractivity contribution in [3.63, 3.8) is 0 Å². The SMILES string of the molecule is COCCN(C)C(CN)C1CCCC1. The molecule has 1 fully saturated rings. The molecule has 0 spiro atoms. The van der Waals surface area contributed by atoms with E-state index in [1.807, 2.05) is 0 Å². The molecule has 0 aromatic carbocycles. The van der Waals surface area contributed by atoms with Crippen LogP contribution in [0.3, 0.4) is 0 Å². The van der Waals surface area contributed by atoms with Crippen LogP contribution in [0.4, 0.5) is 0 Å². The molecule has 1 aliphatic carbocycles. The number of methoxy groups -OCH3 is 1. The van der Waals surface area contributed by atoms with Crippen molar-refractivity contribution >= 4 is 0 Å². The summed E-state index contributed by atoms with van der Waals surface area (Å²) in [5.41, 5.74) is 5.84. The van der Waals surface area contributed by atoms with Crippen molar-refractivity contribution < 1.29 is 4.74 Å². The molecule has 0 heterocycles. The molecule has 0 aromatic rings. The van der Waals surface area contributed by atoms with Gasteiger partial charge in [0, 0.05) is 26.2 Å². The van der Waals surface area contributed by atoms with Gasteiger partial charge >= 0.3 is 0 Å². The van der Waals surface area contributed by atoms with Crippen molar-refractivity contribution in [3.8, 4) is 0 Å². The second kappa shape index (κ2) is 6.38. The van der Waals surface area contributed by atoms with E-state index < -0.39 is 0 Å². The molecule has 0 amide bonds. The van der Waals surface area contributed by atoms with Gasteiger partial charge in [0.1, 0.15) is 0 Å². The zero-order valence-corrected chi connectivity index (χ0v) is 9.54. The van der Waals surface area contributed by atoms with Gasteiger partial charge in [-0.05, 0) is 25.8 Å². The van der Waals surface area contributed by atoms with Gasteiger partial charge in [-0.1, -0.05) is 12.8 Å². The first-order chi connectivity index (χ1) is 6.79. The van der Waals surface area contributed by atoms with E-state index in [1.54, 1.807) is 7.11 Å². The maximum Gasteiger partial charge on any atom is 0.0589 e. The summed E-state index contributed by atoms with van der Waals surface area (Å²) in [6, 6.07) is 0.563. The van der Waals surface area contributed by atoms with Gasteiger partial charge in [-0.2, -0.15) is 0 Å². The largest absolute Gasteiger partial charge is 0.383 e. The number of nitrogens with zero attached hydrogens (tertiary/aromatic N) is 1. The topological polar surface area (TPSA) is 38.5 Å². The van der Waals surface area contributed by atoms with Crippen LogP contribution >= 0.6 is 0 Å². The van der Waals surface area contributed by atoms with E-state index in [4.69, 9.17) is 10.5 Å². The Hall–Kier alpha value is -0.120. The minimum absolute atomic E-state index is 0.563. The molecule has 0 aliphatic heterocycles. The van der Waals surface area contributed by atoms with Gasteiger partial charge in [-0.3, -0.25) is 4.90 Å². The lowest BCUT2D eigenvalue weighted by Crippen LogP contribution is -2.44. The number of rotatable bonds is 6. The van der Waals surface area contributed by atoms with E-state index in [1.165, 1.54) is 25.7 Å². The van der Waals surface area contributed by atoms with Crippen molar-refractivity contribution in [2.24, 2.45) is 11.7 Å². The van der Waals surface area contributed by atoms with Crippen LogP contribution in [0.5, 0.6) is 0 Å². The Bertz CT molecular complexity index is 146. The lowest BCUT2D eigenvalue weighted by Gasteiger charge is -2.31. The van der Waals surface area contributed by atoms with Crippen LogP contribution in [0.25, 0.3) is 0 Å². The van der Waals surface area contributed by atoms with Crippen molar-refractivity contribution in [1.82, 2.24) is 4.90 Å². The quantitative estimate of drug-likeness (QED) is 0.697. The minimum atomic E-state index is 0.563. The molecule has 3 heteroatoms. The second-order valence-corrected chi connectivity index (χ2v) is 4.32. The molecule has 0 aromatic heterocycles. The van der Waals surface area contributed by atoms with E-state index in [9.17, 15) is 0 Å². The highest BCUT2D eigenvalue weighted by atomic mass is 16.5. The monoisotopic (exact) mass is 200 g/mol. The Kier molecular flexibility index (Phi) is 5.45. The van der Waals surface area contributed by atoms with E-state index in [2.05, 4.69) is 11.9 Å². The standard InChI is InChI=1S/C11H24N2O/c1-13(7-8-14-2)11(9-12)10-5-3-4-6-10/h10-11H,3-9,12H2,1-2H3. The van der Waals surface area contributed by atoms with Crippen LogP contribution in [-0.2, 0) is 4.74 Å². The summed E-state index contributed by atoms with van der Waals surface area (Å²) in [6.45, 7) is 2.58. The molecular formula is C11H24N2O. The summed E-state index contributed by atoms with van der Waals surface area (Å²) in [5.74, 6) is 0.821. The lowest BCUT2D eigenvalue weighted by atomic mass is 9.97. The third kappa shape index (κ3) is 3.23. The molecule has 1 aliphatic rings. The molecular weight excluding hydrogens is 176 g/mol. The minimum Gasteiger partial charge on any atom is -0.383 e. The molecule has 1 saturated carbocycles. The van der Waals surface area contributed by atoms with Gasteiger partial charge < -0.3 is 10.5 Å². The predicted molar refractivity (Wildman–Crippen MR) is 59.3 cm³/mol. The van der Waals surface area contributed by atoms with Gasteiger partial charge in [-0.15, -0.1) is 0 Å². The summed E-state index contributed by atoms with van der Waals surface area (Å²) in [6.07, 6.45) is 5.50. The van der Waals surface area contributed by atoms with Crippen molar-refractivity contribution in [2.45, 2.75) is 31.7 Å². The molecule has 2 N–H and O–H groups in total. The smallest absolute Gasteiger partial charge is 0.0589 e. The molecule has 3 nitrogen and oxygen atoms in total. The zero-order chi connectivity index (χ0) is 10.4. The first kappa shape index (κ1) is 12.0. The van der Waals surface area contributed by atoms with Crippen LogP contribution in [0.2, 0.25) is 0 Å². The number of hydrogen-bond donors (Lipinski definition) is 1. The van der Waals surface area contributed by atoms with E-state index in [0.717, 1.165) is 25.6 Å². The van der Waals surface area contributed by atoms with Crippen LogP contribution in [0.15, 0.2) is 0 Å². The van der Waals surface area contributed by atoms with Gasteiger partial charge in [0.15, 0.2) is 0 Å². The lowest BCUT2D eigenvalue weighted by molar-refractivity contribution is 0.118. The van der Waals surface area contributed by atoms with Crippen molar-refractivity contribution in [3.05, 3.63) is 0 Å². The highest BCUT2D eigenvalue weighted by Gasteiger charge is 2.26. The number of ether oxygens (including phenoxy) is 1. The molecule has 14 heavy (non-hydrogen) atoms. The molecule has 1 rings (SSSR count). The molecule has 0 saturated heterocycles. The highest BCUT2D eigenvalue weighted by Crippen LogP contribution is 2.29. The third-order valence-electron chi connectivity index (χ3n) is 3.40. The fourth-order valence-corrected chi connectivity index (χ4v) is 2.48. The first-order valence-electron chi connectivity index (χ1n) is 5.68. The molecule has 84 valence electrons. The zero-order valence-electron chi connectivity index (χ0n) is 9.54. The second-order valence-electron chi connectivity index (χ2n) is 4.32. The third-order valence-corrected chi connectivity index (χ3v) is 3.40. The normalized spacial score (nSPS) is 20.6. The summed E-state index contributed by atoms with van der Waals surface area (Å²) < 4.78 is 5.09. The summed E-state index contributed by atoms with van der Waals surface area (Å²) in [7, 11) is 3.91. The molecule has 1 atom stereocenters. The molecule has 1 unspecified atom stereocenters. The maximum absolute atomic E-state index is 5.84. The number of nitrogens with two attached hydrogens (primary N) is 1. The van der Waals surface area contributed by atoms with Gasteiger partial charge in [0.2, 0.25) is 0 Å². The number of likely N-dealkylation sites (N-methyl/N-ethyl adjacent to an activating group) is 1. The summed E-state index contributed by atoms with van der Waals surface area (Å²) >= 11 is 0. The van der Waals surface area contributed by atoms with Crippen LogP contribution in [-0.4, -0.2) is 44.8 Å². The Balaban J connectivity index is 2.34. The average molecular weight is 200 g/mol. The average Bonchev–Trinajstić information content (AvgIpc) is 2.69. The molecule has 0 bridgehead atoms. The van der Waals surface area contributed by atoms with Crippen LogP contribution in [0, 0.1) is 5.92 Å². The van der Waals surface area contributed by atoms with E-state index in [0.29, 0.717) is 6.04 Å². The van der Waals surface area contributed by atoms with Gasteiger partial charge in [0.25, 0.3) is 0 Å². The van der Waals surface area contributed by atoms with Gasteiger partial charge in [-0.25, -0.2) is 0 Å². The van der Waals surface area contributed by atoms with E-state index in [-0.39, 0.29) is 0 Å². The fourth-order valence-electron chi connectivity index (χ4n) is 2.48. The van der Waals surface area contributed by atoms with Crippen LogP contribution < -0.4 is 5.73 Å². The van der Waals surface area contributed by atoms with E-state index >= 15 is 0 Å². The Morgan fingerprint density at radius 2 is 2.07 bits per heavy atom.